The lowest BCUT2D eigenvalue weighted by atomic mass is 10.2. The van der Waals surface area contributed by atoms with Crippen LogP contribution in [-0.4, -0.2) is 24.7 Å². The van der Waals surface area contributed by atoms with Crippen LogP contribution in [0.3, 0.4) is 0 Å². The van der Waals surface area contributed by atoms with Crippen molar-refractivity contribution in [2.75, 3.05) is 5.32 Å². The van der Waals surface area contributed by atoms with Crippen LogP contribution >= 0.6 is 39.1 Å². The number of aryl methyl sites for hydroxylation is 1. The molecular weight excluding hydrogens is 465 g/mol. The summed E-state index contributed by atoms with van der Waals surface area (Å²) < 4.78 is 2.28. The van der Waals surface area contributed by atoms with Crippen LogP contribution in [0.15, 0.2) is 41.4 Å². The van der Waals surface area contributed by atoms with Crippen LogP contribution in [0.25, 0.3) is 16.6 Å². The number of pyridine rings is 1. The molecule has 0 radical (unpaired) electrons. The quantitative estimate of drug-likeness (QED) is 0.438. The standard InChI is InChI=1S/C18H10BrCl2N7/c1-9-2-15(25-8-24-9)26-18-11-7-28(27-16(11)12(19)6-23-18)17-13(20)3-10(5-22)4-14(17)21/h2-4,6-8H,1H3,(H,23,24,25,26). The normalized spacial score (nSPS) is 10.8. The van der Waals surface area contributed by atoms with Crippen molar-refractivity contribution in [2.45, 2.75) is 6.92 Å². The van der Waals surface area contributed by atoms with Gasteiger partial charge in [-0.2, -0.15) is 10.4 Å². The summed E-state index contributed by atoms with van der Waals surface area (Å²) in [5.41, 5.74) is 2.35. The Balaban J connectivity index is 1.86. The maximum atomic E-state index is 9.07. The monoisotopic (exact) mass is 473 g/mol. The third-order valence-corrected chi connectivity index (χ3v) is 5.08. The predicted octanol–water partition coefficient (Wildman–Crippen LogP) is 5.20. The zero-order valence-corrected chi connectivity index (χ0v) is 17.4. The van der Waals surface area contributed by atoms with E-state index in [0.717, 1.165) is 11.1 Å². The fraction of sp³-hybridized carbons (Fsp3) is 0.0556. The number of halogens is 3. The molecule has 3 heterocycles. The second kappa shape index (κ2) is 7.36. The number of nitrogens with one attached hydrogen (secondary N) is 1. The molecule has 0 atom stereocenters. The second-order valence-corrected chi connectivity index (χ2v) is 7.53. The number of hydrogen-bond acceptors (Lipinski definition) is 6. The van der Waals surface area contributed by atoms with E-state index in [-0.39, 0.29) is 0 Å². The predicted molar refractivity (Wildman–Crippen MR) is 111 cm³/mol. The Morgan fingerprint density at radius 2 is 1.89 bits per heavy atom. The van der Waals surface area contributed by atoms with E-state index in [0.29, 0.717) is 42.9 Å². The number of benzene rings is 1. The third-order valence-electron chi connectivity index (χ3n) is 3.93. The molecule has 1 N–H and O–H groups in total. The summed E-state index contributed by atoms with van der Waals surface area (Å²) in [5.74, 6) is 1.19. The maximum Gasteiger partial charge on any atom is 0.142 e. The topological polar surface area (TPSA) is 92.3 Å². The molecule has 28 heavy (non-hydrogen) atoms. The van der Waals surface area contributed by atoms with E-state index in [1.807, 2.05) is 19.1 Å². The van der Waals surface area contributed by atoms with Gasteiger partial charge in [0.05, 0.1) is 31.5 Å². The lowest BCUT2D eigenvalue weighted by Gasteiger charge is -2.07. The van der Waals surface area contributed by atoms with Crippen molar-refractivity contribution in [1.82, 2.24) is 24.7 Å². The van der Waals surface area contributed by atoms with Crippen molar-refractivity contribution >= 4 is 61.7 Å². The molecule has 0 aliphatic rings. The third kappa shape index (κ3) is 3.40. The molecular formula is C18H10BrCl2N7. The number of nitrogens with zero attached hydrogens (tertiary/aromatic N) is 6. The number of nitriles is 1. The summed E-state index contributed by atoms with van der Waals surface area (Å²) >= 11 is 16.2. The number of hydrogen-bond donors (Lipinski definition) is 1. The molecule has 0 aliphatic carbocycles. The van der Waals surface area contributed by atoms with Crippen LogP contribution in [0, 0.1) is 18.3 Å². The molecule has 0 unspecified atom stereocenters. The van der Waals surface area contributed by atoms with Crippen molar-refractivity contribution in [3.05, 3.63) is 62.7 Å². The Morgan fingerprint density at radius 1 is 1.14 bits per heavy atom. The zero-order chi connectivity index (χ0) is 19.8. The van der Waals surface area contributed by atoms with E-state index in [1.165, 1.54) is 6.33 Å². The van der Waals surface area contributed by atoms with Gasteiger partial charge >= 0.3 is 0 Å². The van der Waals surface area contributed by atoms with Gasteiger partial charge < -0.3 is 5.32 Å². The van der Waals surface area contributed by atoms with Crippen LogP contribution in [0.2, 0.25) is 10.0 Å². The fourth-order valence-corrected chi connectivity index (χ4v) is 3.74. The molecule has 4 rings (SSSR count). The van der Waals surface area contributed by atoms with E-state index in [2.05, 4.69) is 41.3 Å². The summed E-state index contributed by atoms with van der Waals surface area (Å²) in [6.07, 6.45) is 4.90. The fourth-order valence-electron chi connectivity index (χ4n) is 2.68. The highest BCUT2D eigenvalue weighted by atomic mass is 79.9. The van der Waals surface area contributed by atoms with Gasteiger partial charge in [-0.25, -0.2) is 19.6 Å². The van der Waals surface area contributed by atoms with Gasteiger partial charge in [0.15, 0.2) is 0 Å². The first-order valence-electron chi connectivity index (χ1n) is 7.95. The molecule has 138 valence electrons. The molecule has 7 nitrogen and oxygen atoms in total. The van der Waals surface area contributed by atoms with Crippen LogP contribution in [0.1, 0.15) is 11.3 Å². The largest absolute Gasteiger partial charge is 0.324 e. The summed E-state index contributed by atoms with van der Waals surface area (Å²) in [5, 5.41) is 18.2. The summed E-state index contributed by atoms with van der Waals surface area (Å²) in [4.78, 5) is 12.7. The first kappa shape index (κ1) is 18.6. The van der Waals surface area contributed by atoms with Gasteiger partial charge in [0.1, 0.15) is 29.2 Å². The van der Waals surface area contributed by atoms with Crippen molar-refractivity contribution in [1.29, 1.82) is 5.26 Å². The van der Waals surface area contributed by atoms with Crippen LogP contribution in [-0.2, 0) is 0 Å². The Morgan fingerprint density at radius 3 is 2.57 bits per heavy atom. The zero-order valence-electron chi connectivity index (χ0n) is 14.3. The maximum absolute atomic E-state index is 9.07. The molecule has 0 bridgehead atoms. The highest BCUT2D eigenvalue weighted by Gasteiger charge is 2.16. The Labute approximate surface area is 178 Å². The molecule has 0 aliphatic heterocycles. The highest BCUT2D eigenvalue weighted by Crippen LogP contribution is 2.34. The SMILES string of the molecule is Cc1cc(Nc2ncc(Br)c3nn(-c4c(Cl)cc(C#N)cc4Cl)cc23)ncn1. The van der Waals surface area contributed by atoms with Crippen molar-refractivity contribution in [3.63, 3.8) is 0 Å². The van der Waals surface area contributed by atoms with Gasteiger partial charge in [-0.05, 0) is 35.0 Å². The average Bonchev–Trinajstić information content (AvgIpc) is 3.09. The molecule has 0 saturated heterocycles. The van der Waals surface area contributed by atoms with Gasteiger partial charge in [-0.1, -0.05) is 23.2 Å². The number of aromatic nitrogens is 5. The Bertz CT molecular complexity index is 1240. The Hall–Kier alpha value is -2.73. The molecule has 3 aromatic heterocycles. The summed E-state index contributed by atoms with van der Waals surface area (Å²) in [7, 11) is 0. The van der Waals surface area contributed by atoms with Crippen molar-refractivity contribution < 1.29 is 0 Å². The first-order chi connectivity index (χ1) is 13.5. The van der Waals surface area contributed by atoms with Crippen LogP contribution < -0.4 is 5.32 Å². The molecule has 0 amide bonds. The van der Waals surface area contributed by atoms with E-state index < -0.39 is 0 Å². The van der Waals surface area contributed by atoms with Crippen LogP contribution in [0.4, 0.5) is 11.6 Å². The molecule has 0 spiro atoms. The minimum absolute atomic E-state index is 0.321. The highest BCUT2D eigenvalue weighted by molar-refractivity contribution is 9.10. The van der Waals surface area contributed by atoms with Crippen molar-refractivity contribution in [3.8, 4) is 11.8 Å². The van der Waals surface area contributed by atoms with Gasteiger partial charge in [0.2, 0.25) is 0 Å². The van der Waals surface area contributed by atoms with E-state index in [1.54, 1.807) is 29.2 Å². The summed E-state index contributed by atoms with van der Waals surface area (Å²) in [6.45, 7) is 1.88. The average molecular weight is 475 g/mol. The lowest BCUT2D eigenvalue weighted by Crippen LogP contribution is -1.98. The molecule has 0 saturated carbocycles. The minimum atomic E-state index is 0.321. The number of rotatable bonds is 3. The second-order valence-electron chi connectivity index (χ2n) is 5.86. The Kier molecular flexibility index (Phi) is 4.89. The first-order valence-corrected chi connectivity index (χ1v) is 9.50. The van der Waals surface area contributed by atoms with Gasteiger partial charge in [0.25, 0.3) is 0 Å². The lowest BCUT2D eigenvalue weighted by molar-refractivity contribution is 0.896. The van der Waals surface area contributed by atoms with Crippen LogP contribution in [0.5, 0.6) is 0 Å². The van der Waals surface area contributed by atoms with Gasteiger partial charge in [-0.3, -0.25) is 0 Å². The van der Waals surface area contributed by atoms with E-state index >= 15 is 0 Å². The van der Waals surface area contributed by atoms with Gasteiger partial charge in [-0.15, -0.1) is 0 Å². The minimum Gasteiger partial charge on any atom is -0.324 e. The molecule has 1 aromatic carbocycles. The molecule has 4 aromatic rings. The van der Waals surface area contributed by atoms with E-state index in [9.17, 15) is 0 Å². The molecule has 0 fully saturated rings. The smallest absolute Gasteiger partial charge is 0.142 e. The molecule has 10 heteroatoms. The number of anilines is 2. The van der Waals surface area contributed by atoms with E-state index in [4.69, 9.17) is 28.5 Å². The number of fused-ring (bicyclic) bond motifs is 1. The summed E-state index contributed by atoms with van der Waals surface area (Å²) in [6, 6.07) is 6.93. The van der Waals surface area contributed by atoms with Crippen molar-refractivity contribution in [2.24, 2.45) is 0 Å². The van der Waals surface area contributed by atoms with Gasteiger partial charge in [0, 0.05) is 24.2 Å².